The van der Waals surface area contributed by atoms with E-state index in [0.29, 0.717) is 0 Å². The third-order valence-electron chi connectivity index (χ3n) is 11.4. The van der Waals surface area contributed by atoms with Crippen LogP contribution in [-0.2, 0) is 43.4 Å². The number of benzene rings is 2. The molecule has 0 radical (unpaired) electrons. The van der Waals surface area contributed by atoms with Gasteiger partial charge in [-0.15, -0.1) is 94.5 Å². The van der Waals surface area contributed by atoms with Crippen LogP contribution in [0.2, 0.25) is 0 Å². The van der Waals surface area contributed by atoms with E-state index in [4.69, 9.17) is 0 Å². The van der Waals surface area contributed by atoms with Gasteiger partial charge in [-0.05, 0) is 48.3 Å². The van der Waals surface area contributed by atoms with Crippen LogP contribution >= 0.6 is 15.8 Å². The van der Waals surface area contributed by atoms with Crippen LogP contribution in [0.15, 0.2) is 106 Å². The molecular weight excluding hydrogens is 877 g/mol. The maximum absolute atomic E-state index is 3.44. The third kappa shape index (κ3) is 18.5. The standard InChI is InChI=1S/2C17H24P.2C10H15.2ClH.2Ti/c2*1-13(2)11-18(12-14(3)4)17-9-15-7-5-6-8-16(15)10-17;2*1-7-6-10(4,5)9(3)8(7)2;;;;/h2*5-10,13-14H,11-12H2,1-4H3;2*1-5H3;2*1H;;/q4*-1;;;2*+2/p-2. The third-order valence-corrected chi connectivity index (χ3v) is 18.1. The average Bonchev–Trinajstić information content (AvgIpc) is 3.82. The molecule has 0 unspecified atom stereocenters. The molecule has 0 fully saturated rings. The fourth-order valence-corrected chi connectivity index (χ4v) is 13.7. The summed E-state index contributed by atoms with van der Waals surface area (Å²) in [6.07, 6.45) is 12.3. The first-order chi connectivity index (χ1) is 26.0. The summed E-state index contributed by atoms with van der Waals surface area (Å²) in [5.41, 5.74) is 8.79. The molecule has 0 N–H and O–H groups in total. The second-order valence-corrected chi connectivity index (χ2v) is 24.0. The first-order valence-corrected chi connectivity index (χ1v) is 24.9. The first-order valence-electron chi connectivity index (χ1n) is 21.4. The quantitative estimate of drug-likeness (QED) is 0.0845. The van der Waals surface area contributed by atoms with Crippen LogP contribution in [0.4, 0.5) is 0 Å². The van der Waals surface area contributed by atoms with Crippen LogP contribution in [0, 0.1) is 46.7 Å². The normalized spacial score (nSPS) is 15.1. The maximum Gasteiger partial charge on any atom is 2.00 e. The van der Waals surface area contributed by atoms with E-state index in [1.54, 1.807) is 10.6 Å². The van der Waals surface area contributed by atoms with E-state index in [2.05, 4.69) is 210 Å². The zero-order valence-corrected chi connectivity index (χ0v) is 47.1. The van der Waals surface area contributed by atoms with Crippen molar-refractivity contribution in [2.45, 2.75) is 125 Å². The Bertz CT molecular complexity index is 1770. The Morgan fingerprint density at radius 3 is 0.933 bits per heavy atom. The minimum atomic E-state index is 0. The Kier molecular flexibility index (Phi) is 28.5. The molecule has 0 amide bonds. The van der Waals surface area contributed by atoms with Crippen molar-refractivity contribution in [3.8, 4) is 0 Å². The van der Waals surface area contributed by atoms with Gasteiger partial charge in [-0.2, -0.15) is 34.4 Å². The predicted octanol–water partition coefficient (Wildman–Crippen LogP) is 10.2. The summed E-state index contributed by atoms with van der Waals surface area (Å²) in [6.45, 7) is 40.6. The summed E-state index contributed by atoms with van der Waals surface area (Å²) in [5.74, 6) is 3.20. The number of rotatable bonds is 10. The van der Waals surface area contributed by atoms with Gasteiger partial charge in [0.15, 0.2) is 0 Å². The second kappa shape index (κ2) is 27.7. The molecule has 0 heterocycles. The molecule has 4 aromatic rings. The smallest absolute Gasteiger partial charge is 1.00 e. The topological polar surface area (TPSA) is 0 Å². The molecule has 0 spiro atoms. The van der Waals surface area contributed by atoms with Crippen molar-refractivity contribution in [1.82, 2.24) is 0 Å². The van der Waals surface area contributed by atoms with Gasteiger partial charge in [0.25, 0.3) is 0 Å². The Hall–Kier alpha value is -0.511. The van der Waals surface area contributed by atoms with E-state index in [1.807, 2.05) is 0 Å². The molecule has 2 aliphatic rings. The van der Waals surface area contributed by atoms with E-state index in [-0.39, 0.29) is 94.9 Å². The number of fused-ring (bicyclic) bond motifs is 2. The van der Waals surface area contributed by atoms with Gasteiger partial charge in [-0.1, -0.05) is 150 Å². The maximum atomic E-state index is 3.44. The minimum absolute atomic E-state index is 0. The summed E-state index contributed by atoms with van der Waals surface area (Å²) < 4.78 is 0. The van der Waals surface area contributed by atoms with E-state index >= 15 is 0 Å². The molecule has 0 bridgehead atoms. The van der Waals surface area contributed by atoms with Crippen LogP contribution < -0.4 is 35.4 Å². The van der Waals surface area contributed by atoms with Gasteiger partial charge in [-0.25, -0.2) is 11.1 Å². The average molecular weight is 956 g/mol. The van der Waals surface area contributed by atoms with Crippen molar-refractivity contribution >= 4 is 48.0 Å². The monoisotopic (exact) mass is 954 g/mol. The van der Waals surface area contributed by atoms with E-state index < -0.39 is 0 Å². The van der Waals surface area contributed by atoms with Gasteiger partial charge in [0.1, 0.15) is 0 Å². The Labute approximate surface area is 415 Å². The van der Waals surface area contributed by atoms with Gasteiger partial charge in [0.2, 0.25) is 0 Å². The zero-order valence-electron chi connectivity index (χ0n) is 40.7. The molecule has 0 atom stereocenters. The van der Waals surface area contributed by atoms with E-state index in [9.17, 15) is 0 Å². The van der Waals surface area contributed by atoms with Gasteiger partial charge in [-0.3, -0.25) is 12.2 Å². The molecule has 328 valence electrons. The van der Waals surface area contributed by atoms with Crippen LogP contribution in [0.3, 0.4) is 0 Å². The van der Waals surface area contributed by atoms with E-state index in [1.165, 1.54) is 79.6 Å². The molecular formula is C54H78Cl2P2Ti2-2. The minimum Gasteiger partial charge on any atom is -1.00 e. The molecule has 6 rings (SSSR count). The molecule has 60 heavy (non-hydrogen) atoms. The second-order valence-electron chi connectivity index (χ2n) is 19.3. The molecule has 6 heteroatoms. The summed E-state index contributed by atoms with van der Waals surface area (Å²) in [4.78, 5) is 0. The van der Waals surface area contributed by atoms with Crippen LogP contribution in [0.5, 0.6) is 0 Å². The van der Waals surface area contributed by atoms with Crippen molar-refractivity contribution in [1.29, 1.82) is 0 Å². The molecule has 0 nitrogen and oxygen atoms in total. The van der Waals surface area contributed by atoms with Crippen molar-refractivity contribution in [3.05, 3.63) is 118 Å². The van der Waals surface area contributed by atoms with Crippen LogP contribution in [0.1, 0.15) is 125 Å². The van der Waals surface area contributed by atoms with Crippen molar-refractivity contribution in [2.24, 2.45) is 34.5 Å². The molecule has 0 saturated heterocycles. The summed E-state index contributed by atoms with van der Waals surface area (Å²) in [7, 11) is 0.0370. The van der Waals surface area contributed by atoms with Gasteiger partial charge in [0, 0.05) is 0 Å². The van der Waals surface area contributed by atoms with Crippen molar-refractivity contribution in [2.75, 3.05) is 24.6 Å². The van der Waals surface area contributed by atoms with E-state index in [0.717, 1.165) is 23.7 Å². The number of halogens is 2. The number of hydrogen-bond acceptors (Lipinski definition) is 0. The first kappa shape index (κ1) is 61.6. The summed E-state index contributed by atoms with van der Waals surface area (Å²) in [6, 6.07) is 27.2. The fraction of sp³-hybridized carbons (Fsp3) is 0.519. The SMILES string of the molecule is CC(C)CP(CC(C)C)c1cc2ccccc2[cH-]1.CC(C)CP(CC(C)C)c1cc2ccccc2[cH-]1.CC1=[C-]C(C)(C)C(C)=C1C.CC1=[C-]C(C)(C)C(C)=C1C.[Cl-].[Cl-].[Ti+2].[Ti+2]. The molecule has 0 aromatic heterocycles. The molecule has 0 aliphatic heterocycles. The zero-order chi connectivity index (χ0) is 42.1. The van der Waals surface area contributed by atoms with Crippen LogP contribution in [0.25, 0.3) is 21.5 Å². The van der Waals surface area contributed by atoms with Gasteiger partial charge >= 0.3 is 43.4 Å². The van der Waals surface area contributed by atoms with Gasteiger partial charge < -0.3 is 24.8 Å². The Morgan fingerprint density at radius 2 is 0.750 bits per heavy atom. The van der Waals surface area contributed by atoms with Gasteiger partial charge in [0.05, 0.1) is 0 Å². The molecule has 4 aromatic carbocycles. The number of allylic oxidation sites excluding steroid dienone is 8. The molecule has 2 aliphatic carbocycles. The summed E-state index contributed by atoms with van der Waals surface area (Å²) in [5, 5.41) is 8.85. The summed E-state index contributed by atoms with van der Waals surface area (Å²) >= 11 is 0. The van der Waals surface area contributed by atoms with Crippen molar-refractivity contribution < 1.29 is 68.2 Å². The molecule has 0 saturated carbocycles. The predicted molar refractivity (Wildman–Crippen MR) is 260 cm³/mol. The Balaban J connectivity index is 0. The van der Waals surface area contributed by atoms with Crippen LogP contribution in [-0.4, -0.2) is 24.6 Å². The number of hydrogen-bond donors (Lipinski definition) is 0. The largest absolute Gasteiger partial charge is 2.00 e. The fourth-order valence-electron chi connectivity index (χ4n) is 7.78. The Morgan fingerprint density at radius 1 is 0.483 bits per heavy atom. The van der Waals surface area contributed by atoms with Crippen molar-refractivity contribution in [3.63, 3.8) is 0 Å².